The van der Waals surface area contributed by atoms with Gasteiger partial charge in [0.1, 0.15) is 6.10 Å². The number of anilines is 1. The molecule has 0 bridgehead atoms. The van der Waals surface area contributed by atoms with Crippen molar-refractivity contribution < 1.29 is 23.9 Å². The molecule has 1 saturated heterocycles. The van der Waals surface area contributed by atoms with E-state index in [9.17, 15) is 14.4 Å². The van der Waals surface area contributed by atoms with Gasteiger partial charge in [0.15, 0.2) is 0 Å². The van der Waals surface area contributed by atoms with Crippen molar-refractivity contribution in [2.75, 3.05) is 44.3 Å². The van der Waals surface area contributed by atoms with Crippen LogP contribution < -0.4 is 10.2 Å². The highest BCUT2D eigenvalue weighted by atomic mass is 16.6. The molecule has 2 aromatic carbocycles. The third-order valence-corrected chi connectivity index (χ3v) is 16.4. The van der Waals surface area contributed by atoms with Crippen LogP contribution in [0, 0.1) is 46.3 Å². The fourth-order valence-corrected chi connectivity index (χ4v) is 13.4. The Morgan fingerprint density at radius 2 is 1.67 bits per heavy atom. The number of imide groups is 1. The summed E-state index contributed by atoms with van der Waals surface area (Å²) in [5.74, 6) is 4.36. The van der Waals surface area contributed by atoms with Crippen molar-refractivity contribution in [2.45, 2.75) is 137 Å². The first kappa shape index (κ1) is 41.3. The first-order valence-corrected chi connectivity index (χ1v) is 23.4. The lowest BCUT2D eigenvalue weighted by Crippen LogP contribution is -2.51. The molecule has 1 N–H and O–H groups in total. The van der Waals surface area contributed by atoms with Crippen LogP contribution in [-0.2, 0) is 9.47 Å². The van der Waals surface area contributed by atoms with Gasteiger partial charge in [0, 0.05) is 53.8 Å². The van der Waals surface area contributed by atoms with Gasteiger partial charge in [0.05, 0.1) is 13.2 Å². The normalized spacial score (nSPS) is 31.1. The number of nitrogens with one attached hydrogen (secondary N) is 1. The highest BCUT2D eigenvalue weighted by molar-refractivity contribution is 6.26. The zero-order chi connectivity index (χ0) is 40.6. The van der Waals surface area contributed by atoms with Gasteiger partial charge in [-0.05, 0) is 129 Å². The Kier molecular flexibility index (Phi) is 12.3. The van der Waals surface area contributed by atoms with Crippen LogP contribution in [0.2, 0.25) is 0 Å². The standard InChI is InChI=1S/C50H71N3O5/c1-33(2)12-10-13-34(3)41-21-22-42-37-19-17-35-16-18-36(32-50(35,5)43(37)24-25-49(41,42)4)58-48(56)51-26-8-6-7-9-27-53-46(54)39-15-11-14-38-44(52-28-30-57-31-29-52)23-20-40(45(38)39)47(53)55/h11,14-15,17,20,23,33-34,36-37,41-43H,6-10,12-13,16,18-19,21-22,24-32H2,1-5H3,(H,51,56). The van der Waals surface area contributed by atoms with Gasteiger partial charge in [-0.3, -0.25) is 14.5 Å². The smallest absolute Gasteiger partial charge is 0.407 e. The van der Waals surface area contributed by atoms with Gasteiger partial charge in [-0.1, -0.05) is 90.5 Å². The Balaban J connectivity index is 0.775. The monoisotopic (exact) mass is 794 g/mol. The highest BCUT2D eigenvalue weighted by Crippen LogP contribution is 2.67. The van der Waals surface area contributed by atoms with Crippen LogP contribution in [-0.4, -0.2) is 68.3 Å². The molecule has 2 aliphatic heterocycles. The number of carbonyl (C=O) groups is 3. The molecule has 316 valence electrons. The molecule has 8 rings (SSSR count). The van der Waals surface area contributed by atoms with Crippen LogP contribution in [0.4, 0.5) is 10.5 Å². The summed E-state index contributed by atoms with van der Waals surface area (Å²) in [7, 11) is 0. The van der Waals surface area contributed by atoms with E-state index in [1.165, 1.54) is 56.3 Å². The number of hydrogen-bond donors (Lipinski definition) is 1. The zero-order valence-electron chi connectivity index (χ0n) is 36.3. The van der Waals surface area contributed by atoms with Gasteiger partial charge in [-0.25, -0.2) is 4.79 Å². The summed E-state index contributed by atoms with van der Waals surface area (Å²) in [6.07, 6.45) is 19.4. The second-order valence-corrected chi connectivity index (χ2v) is 20.1. The van der Waals surface area contributed by atoms with E-state index in [1.54, 1.807) is 5.57 Å². The van der Waals surface area contributed by atoms with Crippen molar-refractivity contribution in [1.29, 1.82) is 0 Å². The summed E-state index contributed by atoms with van der Waals surface area (Å²) in [5, 5.41) is 4.77. The Morgan fingerprint density at radius 3 is 2.47 bits per heavy atom. The number of carbonyl (C=O) groups excluding carboxylic acids is 3. The van der Waals surface area contributed by atoms with Gasteiger partial charge >= 0.3 is 6.09 Å². The third kappa shape index (κ3) is 7.85. The molecule has 8 unspecified atom stereocenters. The van der Waals surface area contributed by atoms with E-state index < -0.39 is 0 Å². The molecule has 2 heterocycles. The van der Waals surface area contributed by atoms with Gasteiger partial charge in [-0.2, -0.15) is 0 Å². The van der Waals surface area contributed by atoms with Crippen LogP contribution in [0.5, 0.6) is 0 Å². The van der Waals surface area contributed by atoms with Gasteiger partial charge < -0.3 is 19.7 Å². The van der Waals surface area contributed by atoms with Crippen molar-refractivity contribution >= 4 is 34.4 Å². The highest BCUT2D eigenvalue weighted by Gasteiger charge is 2.59. The summed E-state index contributed by atoms with van der Waals surface area (Å²) in [5.41, 5.74) is 4.51. The molecule has 6 aliphatic rings. The van der Waals surface area contributed by atoms with Crippen molar-refractivity contribution in [2.24, 2.45) is 46.3 Å². The molecular formula is C50H71N3O5. The number of fused-ring (bicyclic) bond motifs is 5. The average molecular weight is 794 g/mol. The Bertz CT molecular complexity index is 1840. The molecular weight excluding hydrogens is 723 g/mol. The van der Waals surface area contributed by atoms with Crippen LogP contribution >= 0.6 is 0 Å². The molecule has 0 radical (unpaired) electrons. The molecule has 3 amide bonds. The number of alkyl carbamates (subject to hydrolysis) is 1. The van der Waals surface area contributed by atoms with E-state index >= 15 is 0 Å². The van der Waals surface area contributed by atoms with Crippen molar-refractivity contribution in [3.05, 3.63) is 53.1 Å². The Hall–Kier alpha value is -3.39. The summed E-state index contributed by atoms with van der Waals surface area (Å²) >= 11 is 0. The molecule has 4 aliphatic carbocycles. The van der Waals surface area contributed by atoms with Crippen molar-refractivity contribution in [1.82, 2.24) is 10.2 Å². The van der Waals surface area contributed by atoms with Gasteiger partial charge in [0.25, 0.3) is 11.8 Å². The fraction of sp³-hybridized carbons (Fsp3) is 0.700. The van der Waals surface area contributed by atoms with Crippen LogP contribution in [0.25, 0.3) is 10.8 Å². The van der Waals surface area contributed by atoms with Crippen LogP contribution in [0.15, 0.2) is 42.0 Å². The third-order valence-electron chi connectivity index (χ3n) is 16.4. The molecule has 58 heavy (non-hydrogen) atoms. The van der Waals surface area contributed by atoms with E-state index in [2.05, 4.69) is 50.9 Å². The molecule has 2 aromatic rings. The second-order valence-electron chi connectivity index (χ2n) is 20.1. The van der Waals surface area contributed by atoms with Crippen LogP contribution in [0.1, 0.15) is 152 Å². The first-order valence-electron chi connectivity index (χ1n) is 23.4. The van der Waals surface area contributed by atoms with E-state index in [1.807, 2.05) is 30.3 Å². The van der Waals surface area contributed by atoms with E-state index in [0.29, 0.717) is 48.8 Å². The Morgan fingerprint density at radius 1 is 0.897 bits per heavy atom. The number of ether oxygens (including phenoxy) is 2. The topological polar surface area (TPSA) is 88.2 Å². The average Bonchev–Trinajstić information content (AvgIpc) is 3.57. The lowest BCUT2D eigenvalue weighted by Gasteiger charge is -2.58. The first-order chi connectivity index (χ1) is 28.0. The summed E-state index contributed by atoms with van der Waals surface area (Å²) < 4.78 is 11.7. The number of rotatable bonds is 14. The van der Waals surface area contributed by atoms with Crippen molar-refractivity contribution in [3.63, 3.8) is 0 Å². The lowest BCUT2D eigenvalue weighted by molar-refractivity contribution is -0.0650. The zero-order valence-corrected chi connectivity index (χ0v) is 36.3. The Labute approximate surface area is 348 Å². The summed E-state index contributed by atoms with van der Waals surface area (Å²) in [6, 6.07) is 9.71. The minimum atomic E-state index is -0.288. The number of morpholine rings is 1. The number of hydrogen-bond acceptors (Lipinski definition) is 6. The van der Waals surface area contributed by atoms with E-state index in [-0.39, 0.29) is 29.4 Å². The maximum absolute atomic E-state index is 13.6. The van der Waals surface area contributed by atoms with Crippen molar-refractivity contribution in [3.8, 4) is 0 Å². The maximum atomic E-state index is 13.6. The minimum Gasteiger partial charge on any atom is -0.446 e. The number of amides is 3. The van der Waals surface area contributed by atoms with Gasteiger partial charge in [-0.15, -0.1) is 0 Å². The molecule has 8 atom stereocenters. The number of allylic oxidation sites excluding steroid dienone is 2. The van der Waals surface area contributed by atoms with Gasteiger partial charge in [0.2, 0.25) is 0 Å². The molecule has 8 heteroatoms. The SMILES string of the molecule is CC(C)CCCC(C)C1CCC2C3CC=C4CCC(OC(=O)NCCCCCCN5C(=O)c6cccc7c(N8CCOCC8)ccc(c67)C5=O)CC4(C)C3CCC12C. The summed E-state index contributed by atoms with van der Waals surface area (Å²) in [4.78, 5) is 44.0. The lowest BCUT2D eigenvalue weighted by atomic mass is 9.47. The molecule has 0 spiro atoms. The number of unbranched alkanes of at least 4 members (excludes halogenated alkanes) is 3. The quantitative estimate of drug-likeness (QED) is 0.116. The second kappa shape index (κ2) is 17.3. The molecule has 3 saturated carbocycles. The molecule has 0 aromatic heterocycles. The van der Waals surface area contributed by atoms with E-state index in [0.717, 1.165) is 104 Å². The predicted octanol–water partition coefficient (Wildman–Crippen LogP) is 11.0. The summed E-state index contributed by atoms with van der Waals surface area (Å²) in [6.45, 7) is 16.3. The molecule has 8 nitrogen and oxygen atoms in total. The largest absolute Gasteiger partial charge is 0.446 e. The number of benzene rings is 2. The maximum Gasteiger partial charge on any atom is 0.407 e. The number of nitrogens with zero attached hydrogens (tertiary/aromatic N) is 2. The minimum absolute atomic E-state index is 0.0342. The predicted molar refractivity (Wildman–Crippen MR) is 232 cm³/mol. The van der Waals surface area contributed by atoms with E-state index in [4.69, 9.17) is 9.47 Å². The van der Waals surface area contributed by atoms with Crippen LogP contribution in [0.3, 0.4) is 0 Å². The fourth-order valence-electron chi connectivity index (χ4n) is 13.4. The molecule has 4 fully saturated rings.